The molecule has 0 aliphatic carbocycles. The van der Waals surface area contributed by atoms with Crippen LogP contribution in [0.2, 0.25) is 0 Å². The van der Waals surface area contributed by atoms with Gasteiger partial charge in [-0.15, -0.1) is 0 Å². The quantitative estimate of drug-likeness (QED) is 0.276. The summed E-state index contributed by atoms with van der Waals surface area (Å²) in [5.41, 5.74) is -1.08. The fourth-order valence-corrected chi connectivity index (χ4v) is 5.28. The number of alkyl halides is 4. The minimum absolute atomic E-state index is 0.0790. The summed E-state index contributed by atoms with van der Waals surface area (Å²) in [6.45, 7) is 5.13. The lowest BCUT2D eigenvalue weighted by atomic mass is 10.1. The molecule has 2 aromatic carbocycles. The highest BCUT2D eigenvalue weighted by Crippen LogP contribution is 2.39. The van der Waals surface area contributed by atoms with Gasteiger partial charge in [-0.25, -0.2) is 8.42 Å². The number of nitrogens with zero attached hydrogens (tertiary/aromatic N) is 1. The summed E-state index contributed by atoms with van der Waals surface area (Å²) in [6.07, 6.45) is -5.27. The first-order valence-corrected chi connectivity index (χ1v) is 12.9. The Hall–Kier alpha value is -2.02. The normalized spacial score (nSPS) is 16.7. The maximum absolute atomic E-state index is 13.4. The Morgan fingerprint density at radius 1 is 1.18 bits per heavy atom. The molecule has 6 nitrogen and oxygen atoms in total. The van der Waals surface area contributed by atoms with Crippen molar-refractivity contribution in [3.63, 3.8) is 0 Å². The van der Waals surface area contributed by atoms with Gasteiger partial charge < -0.3 is 9.47 Å². The maximum Gasteiger partial charge on any atom is 0.416 e. The lowest BCUT2D eigenvalue weighted by Crippen LogP contribution is -2.44. The van der Waals surface area contributed by atoms with Gasteiger partial charge in [0.25, 0.3) is 10.0 Å². The van der Waals surface area contributed by atoms with Crippen LogP contribution in [0, 0.1) is 0 Å². The molecule has 3 rings (SSSR count). The standard InChI is InChI=1S/C22H23F3INO5S/c1-21(2,3)32-20(28)10-14-7-8-19-18(9-14)27(13-16(12-26)31-19)33(29,30)17-6-4-5-15(11-17)22(23,24)25/h4-9,11,16H,10,12-13H2,1-3H3/t16-/m0/s1. The number of halogens is 4. The van der Waals surface area contributed by atoms with Crippen molar-refractivity contribution < 1.29 is 35.9 Å². The first-order valence-electron chi connectivity index (χ1n) is 9.98. The zero-order valence-corrected chi connectivity index (χ0v) is 21.1. The topological polar surface area (TPSA) is 72.9 Å². The van der Waals surface area contributed by atoms with E-state index in [1.54, 1.807) is 32.9 Å². The number of sulfonamides is 1. The van der Waals surface area contributed by atoms with Crippen LogP contribution in [0.4, 0.5) is 18.9 Å². The highest BCUT2D eigenvalue weighted by Gasteiger charge is 2.37. The van der Waals surface area contributed by atoms with E-state index in [2.05, 4.69) is 22.6 Å². The molecular formula is C22H23F3INO5S. The van der Waals surface area contributed by atoms with Crippen LogP contribution in [0.1, 0.15) is 31.9 Å². The monoisotopic (exact) mass is 597 g/mol. The number of anilines is 1. The van der Waals surface area contributed by atoms with Crippen molar-refractivity contribution >= 4 is 44.3 Å². The number of hydrogen-bond donors (Lipinski definition) is 0. The SMILES string of the molecule is CC(C)(C)OC(=O)Cc1ccc2c(c1)N(S(=O)(=O)c1cccc(C(F)(F)F)c1)C[C@H](CI)O2. The summed E-state index contributed by atoms with van der Waals surface area (Å²) in [6, 6.07) is 8.31. The fourth-order valence-electron chi connectivity index (χ4n) is 3.28. The minimum atomic E-state index is -4.68. The average molecular weight is 597 g/mol. The van der Waals surface area contributed by atoms with Crippen molar-refractivity contribution in [2.75, 3.05) is 15.3 Å². The van der Waals surface area contributed by atoms with E-state index in [1.165, 1.54) is 6.07 Å². The van der Waals surface area contributed by atoms with Crippen molar-refractivity contribution in [3.05, 3.63) is 53.6 Å². The fraction of sp³-hybridized carbons (Fsp3) is 0.409. The summed E-state index contributed by atoms with van der Waals surface area (Å²) < 4.78 is 79.0. The number of ether oxygens (including phenoxy) is 2. The van der Waals surface area contributed by atoms with E-state index >= 15 is 0 Å². The second kappa shape index (κ2) is 9.32. The molecular weight excluding hydrogens is 574 g/mol. The molecule has 0 aromatic heterocycles. The van der Waals surface area contributed by atoms with Crippen LogP contribution in [-0.4, -0.2) is 37.1 Å². The summed E-state index contributed by atoms with van der Waals surface area (Å²) in [5.74, 6) is -0.219. The van der Waals surface area contributed by atoms with Crippen LogP contribution in [0.15, 0.2) is 47.4 Å². The number of benzene rings is 2. The van der Waals surface area contributed by atoms with Gasteiger partial charge in [0.15, 0.2) is 0 Å². The summed E-state index contributed by atoms with van der Waals surface area (Å²) in [4.78, 5) is 11.8. The molecule has 1 atom stereocenters. The number of hydrogen-bond acceptors (Lipinski definition) is 5. The molecule has 0 N–H and O–H groups in total. The molecule has 33 heavy (non-hydrogen) atoms. The smallest absolute Gasteiger partial charge is 0.416 e. The summed E-state index contributed by atoms with van der Waals surface area (Å²) >= 11 is 2.05. The van der Waals surface area contributed by atoms with Crippen LogP contribution < -0.4 is 9.04 Å². The van der Waals surface area contributed by atoms with E-state index in [0.29, 0.717) is 16.1 Å². The van der Waals surface area contributed by atoms with E-state index < -0.39 is 44.3 Å². The molecule has 0 unspecified atom stereocenters. The van der Waals surface area contributed by atoms with Gasteiger partial charge >= 0.3 is 12.1 Å². The first kappa shape index (κ1) is 25.6. The molecule has 11 heteroatoms. The summed E-state index contributed by atoms with van der Waals surface area (Å²) in [5, 5.41) is 0. The molecule has 0 amide bonds. The first-order chi connectivity index (χ1) is 15.2. The van der Waals surface area contributed by atoms with E-state index in [4.69, 9.17) is 9.47 Å². The molecule has 0 bridgehead atoms. The van der Waals surface area contributed by atoms with Crippen LogP contribution in [-0.2, 0) is 32.2 Å². The van der Waals surface area contributed by atoms with Gasteiger partial charge in [0.1, 0.15) is 17.5 Å². The number of rotatable bonds is 5. The molecule has 1 aliphatic rings. The van der Waals surface area contributed by atoms with E-state index in [9.17, 15) is 26.4 Å². The van der Waals surface area contributed by atoms with Crippen molar-refractivity contribution in [1.82, 2.24) is 0 Å². The van der Waals surface area contributed by atoms with Crippen molar-refractivity contribution in [2.24, 2.45) is 0 Å². The zero-order chi connectivity index (χ0) is 24.6. The Kier molecular flexibility index (Phi) is 7.23. The van der Waals surface area contributed by atoms with Crippen LogP contribution in [0.5, 0.6) is 5.75 Å². The zero-order valence-electron chi connectivity index (χ0n) is 18.1. The molecule has 0 saturated carbocycles. The van der Waals surface area contributed by atoms with E-state index in [0.717, 1.165) is 22.5 Å². The Morgan fingerprint density at radius 3 is 2.48 bits per heavy atom. The lowest BCUT2D eigenvalue weighted by Gasteiger charge is -2.35. The van der Waals surface area contributed by atoms with Crippen LogP contribution in [0.3, 0.4) is 0 Å². The highest BCUT2D eigenvalue weighted by atomic mass is 127. The molecule has 180 valence electrons. The third kappa shape index (κ3) is 6.11. The van der Waals surface area contributed by atoms with Crippen molar-refractivity contribution in [2.45, 2.75) is 50.0 Å². The minimum Gasteiger partial charge on any atom is -0.486 e. The Morgan fingerprint density at radius 2 is 1.88 bits per heavy atom. The van der Waals surface area contributed by atoms with E-state index in [1.807, 2.05) is 0 Å². The van der Waals surface area contributed by atoms with Gasteiger partial charge in [-0.3, -0.25) is 9.10 Å². The lowest BCUT2D eigenvalue weighted by molar-refractivity contribution is -0.153. The Balaban J connectivity index is 2.02. The molecule has 1 aliphatic heterocycles. The van der Waals surface area contributed by atoms with Gasteiger partial charge in [0.05, 0.1) is 29.1 Å². The molecule has 0 saturated heterocycles. The summed E-state index contributed by atoms with van der Waals surface area (Å²) in [7, 11) is -4.34. The molecule has 1 heterocycles. The molecule has 0 spiro atoms. The van der Waals surface area contributed by atoms with Gasteiger partial charge in [-0.05, 0) is 56.7 Å². The van der Waals surface area contributed by atoms with Gasteiger partial charge in [-0.1, -0.05) is 34.7 Å². The van der Waals surface area contributed by atoms with Crippen molar-refractivity contribution in [1.29, 1.82) is 0 Å². The highest BCUT2D eigenvalue weighted by molar-refractivity contribution is 14.1. The predicted octanol–water partition coefficient (Wildman–Crippen LogP) is 4.98. The Bertz CT molecular complexity index is 1150. The molecule has 2 aromatic rings. The molecule has 0 radical (unpaired) electrons. The largest absolute Gasteiger partial charge is 0.486 e. The number of esters is 1. The second-order valence-electron chi connectivity index (χ2n) is 8.52. The third-order valence-electron chi connectivity index (χ3n) is 4.65. The van der Waals surface area contributed by atoms with Gasteiger partial charge in [0, 0.05) is 4.43 Å². The van der Waals surface area contributed by atoms with Crippen LogP contribution >= 0.6 is 22.6 Å². The average Bonchev–Trinajstić information content (AvgIpc) is 2.71. The molecule has 0 fully saturated rings. The third-order valence-corrected chi connectivity index (χ3v) is 7.40. The predicted molar refractivity (Wildman–Crippen MR) is 125 cm³/mol. The number of carbonyl (C=O) groups excluding carboxylic acids is 1. The maximum atomic E-state index is 13.4. The number of fused-ring (bicyclic) bond motifs is 1. The van der Waals surface area contributed by atoms with Gasteiger partial charge in [0.2, 0.25) is 0 Å². The number of carbonyl (C=O) groups is 1. The Labute approximate surface area is 204 Å². The van der Waals surface area contributed by atoms with E-state index in [-0.39, 0.29) is 24.4 Å². The van der Waals surface area contributed by atoms with Gasteiger partial charge in [-0.2, -0.15) is 13.2 Å². The second-order valence-corrected chi connectivity index (χ2v) is 11.3. The van der Waals surface area contributed by atoms with Crippen molar-refractivity contribution in [3.8, 4) is 5.75 Å². The van der Waals surface area contributed by atoms with Crippen LogP contribution in [0.25, 0.3) is 0 Å².